The van der Waals surface area contributed by atoms with Crippen LogP contribution in [0.15, 0.2) is 17.5 Å². The molecular weight excluding hydrogens is 288 g/mol. The lowest BCUT2D eigenvalue weighted by atomic mass is 10.3. The molecule has 0 unspecified atom stereocenters. The van der Waals surface area contributed by atoms with Gasteiger partial charge in [0, 0.05) is 17.8 Å². The molecule has 0 atom stereocenters. The summed E-state index contributed by atoms with van der Waals surface area (Å²) in [4.78, 5) is 12.6. The van der Waals surface area contributed by atoms with Gasteiger partial charge in [0.15, 0.2) is 5.69 Å². The Morgan fingerprint density at radius 2 is 2.35 bits per heavy atom. The summed E-state index contributed by atoms with van der Waals surface area (Å²) in [6.45, 7) is 1.94. The maximum Gasteiger partial charge on any atom is 0.361 e. The lowest BCUT2D eigenvalue weighted by Gasteiger charge is -2.06. The molecule has 5 nitrogen and oxygen atoms in total. The van der Waals surface area contributed by atoms with Crippen LogP contribution in [0.5, 0.6) is 0 Å². The number of hydrogen-bond donors (Lipinski definition) is 0. The van der Waals surface area contributed by atoms with Crippen LogP contribution in [-0.4, -0.2) is 27.6 Å². The predicted molar refractivity (Wildman–Crippen MR) is 69.0 cm³/mol. The molecule has 0 N–H and O–H groups in total. The number of alkyl halides is 2. The zero-order chi connectivity index (χ0) is 14.5. The molecule has 108 valence electrons. The Hall–Kier alpha value is -1.83. The summed E-state index contributed by atoms with van der Waals surface area (Å²) in [5.74, 6) is -0.870. The monoisotopic (exact) mass is 301 g/mol. The van der Waals surface area contributed by atoms with Crippen LogP contribution in [-0.2, 0) is 17.7 Å². The molecule has 0 spiro atoms. The average molecular weight is 301 g/mol. The molecule has 0 aliphatic heterocycles. The van der Waals surface area contributed by atoms with Crippen LogP contribution in [0.3, 0.4) is 0 Å². The highest BCUT2D eigenvalue weighted by Crippen LogP contribution is 2.22. The zero-order valence-corrected chi connectivity index (χ0v) is 11.6. The van der Waals surface area contributed by atoms with Crippen molar-refractivity contribution in [1.29, 1.82) is 0 Å². The van der Waals surface area contributed by atoms with E-state index in [4.69, 9.17) is 4.74 Å². The molecule has 20 heavy (non-hydrogen) atoms. The van der Waals surface area contributed by atoms with Gasteiger partial charge in [-0.05, 0) is 18.4 Å². The molecule has 0 fully saturated rings. The summed E-state index contributed by atoms with van der Waals surface area (Å²) < 4.78 is 31.9. The number of hydrogen-bond acceptors (Lipinski definition) is 5. The van der Waals surface area contributed by atoms with Crippen molar-refractivity contribution in [2.24, 2.45) is 0 Å². The standard InChI is InChI=1S/C12H13F2N3O2S/c1-2-19-12(18)9-10(11(13)14)17(16-15-9)6-5-8-4-3-7-20-8/h3-4,7,11H,2,5-6H2,1H3. The van der Waals surface area contributed by atoms with Gasteiger partial charge in [-0.25, -0.2) is 18.3 Å². The van der Waals surface area contributed by atoms with Gasteiger partial charge in [0.25, 0.3) is 6.43 Å². The van der Waals surface area contributed by atoms with Crippen molar-refractivity contribution in [3.8, 4) is 0 Å². The van der Waals surface area contributed by atoms with Crippen molar-refractivity contribution < 1.29 is 18.3 Å². The van der Waals surface area contributed by atoms with E-state index in [0.717, 1.165) is 9.56 Å². The molecule has 0 aliphatic carbocycles. The van der Waals surface area contributed by atoms with E-state index >= 15 is 0 Å². The largest absolute Gasteiger partial charge is 0.461 e. The first-order chi connectivity index (χ1) is 9.63. The second kappa shape index (κ2) is 6.56. The van der Waals surface area contributed by atoms with E-state index in [2.05, 4.69) is 10.3 Å². The predicted octanol–water partition coefficient (Wildman–Crippen LogP) is 2.70. The minimum absolute atomic E-state index is 0.101. The van der Waals surface area contributed by atoms with Crippen molar-refractivity contribution in [2.75, 3.05) is 6.61 Å². The third-order valence-electron chi connectivity index (χ3n) is 2.60. The number of carbonyl (C=O) groups excluding carboxylic acids is 1. The number of thiophene rings is 1. The first-order valence-electron chi connectivity index (χ1n) is 6.04. The highest BCUT2D eigenvalue weighted by Gasteiger charge is 2.27. The molecule has 0 bridgehead atoms. The molecule has 2 aromatic rings. The fourth-order valence-electron chi connectivity index (χ4n) is 1.72. The Morgan fingerprint density at radius 3 is 2.95 bits per heavy atom. The summed E-state index contributed by atoms with van der Waals surface area (Å²) >= 11 is 1.54. The van der Waals surface area contributed by atoms with E-state index in [-0.39, 0.29) is 13.2 Å². The molecule has 2 heterocycles. The lowest BCUT2D eigenvalue weighted by Crippen LogP contribution is -2.12. The number of halogens is 2. The molecule has 0 radical (unpaired) electrons. The lowest BCUT2D eigenvalue weighted by molar-refractivity contribution is 0.0506. The normalized spacial score (nSPS) is 11.0. The molecule has 0 aliphatic rings. The van der Waals surface area contributed by atoms with E-state index < -0.39 is 23.8 Å². The fraction of sp³-hybridized carbons (Fsp3) is 0.417. The molecule has 0 aromatic carbocycles. The van der Waals surface area contributed by atoms with Gasteiger partial charge in [0.2, 0.25) is 0 Å². The Kier molecular flexibility index (Phi) is 4.78. The number of esters is 1. The minimum Gasteiger partial charge on any atom is -0.461 e. The fourth-order valence-corrected chi connectivity index (χ4v) is 2.42. The van der Waals surface area contributed by atoms with Gasteiger partial charge in [-0.15, -0.1) is 16.4 Å². The molecule has 0 saturated carbocycles. The average Bonchev–Trinajstić information content (AvgIpc) is 3.05. The number of carbonyl (C=O) groups is 1. The third-order valence-corrected chi connectivity index (χ3v) is 3.54. The minimum atomic E-state index is -2.83. The maximum absolute atomic E-state index is 13.1. The highest BCUT2D eigenvalue weighted by molar-refractivity contribution is 7.09. The molecule has 8 heteroatoms. The molecule has 0 saturated heterocycles. The van der Waals surface area contributed by atoms with Gasteiger partial charge >= 0.3 is 5.97 Å². The highest BCUT2D eigenvalue weighted by atomic mass is 32.1. The van der Waals surface area contributed by atoms with Crippen LogP contribution < -0.4 is 0 Å². The van der Waals surface area contributed by atoms with E-state index in [1.165, 1.54) is 11.3 Å². The van der Waals surface area contributed by atoms with Crippen LogP contribution >= 0.6 is 11.3 Å². The van der Waals surface area contributed by atoms with Crippen molar-refractivity contribution in [1.82, 2.24) is 15.0 Å². The van der Waals surface area contributed by atoms with E-state index in [9.17, 15) is 13.6 Å². The van der Waals surface area contributed by atoms with Crippen LogP contribution in [0.1, 0.15) is 34.4 Å². The number of aryl methyl sites for hydroxylation is 2. The molecule has 0 amide bonds. The summed E-state index contributed by atoms with van der Waals surface area (Å²) in [5, 5.41) is 9.06. The molecule has 2 rings (SSSR count). The van der Waals surface area contributed by atoms with Gasteiger partial charge in [0.05, 0.1) is 6.61 Å². The van der Waals surface area contributed by atoms with Crippen LogP contribution in [0.4, 0.5) is 8.78 Å². The quantitative estimate of drug-likeness (QED) is 0.770. The van der Waals surface area contributed by atoms with Crippen molar-refractivity contribution >= 4 is 17.3 Å². The second-order valence-electron chi connectivity index (χ2n) is 3.90. The Bertz CT molecular complexity index is 569. The van der Waals surface area contributed by atoms with Crippen molar-refractivity contribution in [2.45, 2.75) is 26.3 Å². The van der Waals surface area contributed by atoms with E-state index in [0.29, 0.717) is 6.42 Å². The first kappa shape index (κ1) is 14.6. The van der Waals surface area contributed by atoms with Gasteiger partial charge in [-0.3, -0.25) is 0 Å². The topological polar surface area (TPSA) is 57.0 Å². The van der Waals surface area contributed by atoms with E-state index in [1.807, 2.05) is 17.5 Å². The Morgan fingerprint density at radius 1 is 1.55 bits per heavy atom. The third kappa shape index (κ3) is 3.19. The van der Waals surface area contributed by atoms with Crippen LogP contribution in [0, 0.1) is 0 Å². The number of rotatable bonds is 6. The van der Waals surface area contributed by atoms with Gasteiger partial charge in [0.1, 0.15) is 5.69 Å². The maximum atomic E-state index is 13.1. The van der Waals surface area contributed by atoms with E-state index in [1.54, 1.807) is 6.92 Å². The molecular formula is C12H13F2N3O2S. The first-order valence-corrected chi connectivity index (χ1v) is 6.92. The number of aromatic nitrogens is 3. The SMILES string of the molecule is CCOC(=O)c1nnn(CCc2cccs2)c1C(F)F. The Balaban J connectivity index is 2.18. The van der Waals surface area contributed by atoms with Crippen LogP contribution in [0.2, 0.25) is 0 Å². The van der Waals surface area contributed by atoms with Crippen LogP contribution in [0.25, 0.3) is 0 Å². The number of nitrogens with zero attached hydrogens (tertiary/aromatic N) is 3. The Labute approximate surface area is 118 Å². The van der Waals surface area contributed by atoms with Crippen molar-refractivity contribution in [3.63, 3.8) is 0 Å². The van der Waals surface area contributed by atoms with Gasteiger partial charge in [-0.1, -0.05) is 11.3 Å². The van der Waals surface area contributed by atoms with Crippen molar-refractivity contribution in [3.05, 3.63) is 33.8 Å². The smallest absolute Gasteiger partial charge is 0.361 e. The van der Waals surface area contributed by atoms with Gasteiger partial charge in [-0.2, -0.15) is 0 Å². The summed E-state index contributed by atoms with van der Waals surface area (Å²) in [5.41, 5.74) is -0.895. The number of ether oxygens (including phenoxy) is 1. The molecule has 2 aromatic heterocycles. The summed E-state index contributed by atoms with van der Waals surface area (Å²) in [6, 6.07) is 3.80. The zero-order valence-electron chi connectivity index (χ0n) is 10.8. The summed E-state index contributed by atoms with van der Waals surface area (Å²) in [6.07, 6.45) is -2.27. The summed E-state index contributed by atoms with van der Waals surface area (Å²) in [7, 11) is 0. The van der Waals surface area contributed by atoms with Gasteiger partial charge < -0.3 is 4.74 Å². The second-order valence-corrected chi connectivity index (χ2v) is 4.93.